The van der Waals surface area contributed by atoms with E-state index >= 15 is 0 Å². The van der Waals surface area contributed by atoms with Gasteiger partial charge in [0.25, 0.3) is 0 Å². The third-order valence-electron chi connectivity index (χ3n) is 4.33. The summed E-state index contributed by atoms with van der Waals surface area (Å²) in [4.78, 5) is 0. The van der Waals surface area contributed by atoms with Crippen molar-refractivity contribution in [2.24, 2.45) is 0 Å². The van der Waals surface area contributed by atoms with Gasteiger partial charge in [-0.2, -0.15) is 0 Å². The quantitative estimate of drug-likeness (QED) is 0.906. The van der Waals surface area contributed by atoms with Crippen molar-refractivity contribution in [1.29, 1.82) is 0 Å². The Labute approximate surface area is 114 Å². The average molecular weight is 262 g/mol. The van der Waals surface area contributed by atoms with Crippen LogP contribution in [0.4, 0.5) is 0 Å². The number of ether oxygens (including phenoxy) is 2. The average Bonchev–Trinajstić information content (AvgIpc) is 2.38. The molecular weight excluding hydrogens is 240 g/mol. The number of benzene rings is 1. The molecule has 0 spiro atoms. The number of aliphatic hydroxyl groups is 1. The molecule has 0 radical (unpaired) electrons. The van der Waals surface area contributed by atoms with E-state index in [9.17, 15) is 5.11 Å². The Morgan fingerprint density at radius 3 is 2.95 bits per heavy atom. The largest absolute Gasteiger partial charge is 0.493 e. The van der Waals surface area contributed by atoms with Crippen LogP contribution in [0.25, 0.3) is 0 Å². The molecule has 1 atom stereocenters. The first kappa shape index (κ1) is 12.9. The van der Waals surface area contributed by atoms with Gasteiger partial charge in [-0.3, -0.25) is 0 Å². The molecule has 1 heterocycles. The van der Waals surface area contributed by atoms with E-state index in [1.165, 1.54) is 5.56 Å². The van der Waals surface area contributed by atoms with E-state index in [1.807, 2.05) is 25.1 Å². The third-order valence-corrected chi connectivity index (χ3v) is 4.33. The maximum atomic E-state index is 10.6. The first-order valence-electron chi connectivity index (χ1n) is 7.26. The number of fused-ring (bicyclic) bond motifs is 1. The van der Waals surface area contributed by atoms with Gasteiger partial charge in [0, 0.05) is 19.4 Å². The Morgan fingerprint density at radius 1 is 1.37 bits per heavy atom. The molecule has 1 aliphatic heterocycles. The van der Waals surface area contributed by atoms with Crippen LogP contribution in [0.15, 0.2) is 24.3 Å². The van der Waals surface area contributed by atoms with E-state index in [0.717, 1.165) is 44.6 Å². The molecule has 1 aromatic carbocycles. The predicted molar refractivity (Wildman–Crippen MR) is 73.5 cm³/mol. The fourth-order valence-electron chi connectivity index (χ4n) is 3.39. The van der Waals surface area contributed by atoms with E-state index < -0.39 is 5.60 Å². The zero-order valence-corrected chi connectivity index (χ0v) is 11.5. The van der Waals surface area contributed by atoms with E-state index in [2.05, 4.69) is 6.07 Å². The lowest BCUT2D eigenvalue weighted by Gasteiger charge is -2.45. The van der Waals surface area contributed by atoms with Crippen molar-refractivity contribution in [3.8, 4) is 5.75 Å². The minimum atomic E-state index is -0.533. The van der Waals surface area contributed by atoms with Crippen LogP contribution in [0.3, 0.4) is 0 Å². The van der Waals surface area contributed by atoms with E-state index in [4.69, 9.17) is 9.47 Å². The standard InChI is InChI=1S/C16H22O3/c1-2-18-13-10-16(17,11-13)9-12-7-8-19-15-6-4-3-5-14(12)15/h3-6,12-13,17H,2,7-11H2,1H3. The lowest BCUT2D eigenvalue weighted by molar-refractivity contribution is -0.144. The molecule has 0 saturated heterocycles. The normalized spacial score (nSPS) is 33.2. The Hall–Kier alpha value is -1.06. The highest BCUT2D eigenvalue weighted by molar-refractivity contribution is 5.38. The fraction of sp³-hybridized carbons (Fsp3) is 0.625. The summed E-state index contributed by atoms with van der Waals surface area (Å²) in [5.41, 5.74) is 0.719. The summed E-state index contributed by atoms with van der Waals surface area (Å²) >= 11 is 0. The van der Waals surface area contributed by atoms with Crippen LogP contribution in [0, 0.1) is 0 Å². The van der Waals surface area contributed by atoms with Crippen molar-refractivity contribution in [3.05, 3.63) is 29.8 Å². The van der Waals surface area contributed by atoms with Gasteiger partial charge in [0.2, 0.25) is 0 Å². The number of hydrogen-bond acceptors (Lipinski definition) is 3. The van der Waals surface area contributed by atoms with Gasteiger partial charge in [0.1, 0.15) is 5.75 Å². The van der Waals surface area contributed by atoms with Crippen molar-refractivity contribution in [2.45, 2.75) is 50.2 Å². The highest BCUT2D eigenvalue weighted by Crippen LogP contribution is 2.45. The predicted octanol–water partition coefficient (Wildman–Crippen LogP) is 2.87. The van der Waals surface area contributed by atoms with Gasteiger partial charge in [-0.15, -0.1) is 0 Å². The summed E-state index contributed by atoms with van der Waals surface area (Å²) in [6.45, 7) is 3.50. The van der Waals surface area contributed by atoms with Crippen LogP contribution in [0.1, 0.15) is 44.1 Å². The number of para-hydroxylation sites is 1. The molecule has 2 aliphatic rings. The molecule has 0 aromatic heterocycles. The molecule has 1 fully saturated rings. The Balaban J connectivity index is 1.66. The monoisotopic (exact) mass is 262 g/mol. The molecule has 104 valence electrons. The molecule has 3 rings (SSSR count). The second-order valence-corrected chi connectivity index (χ2v) is 5.79. The molecule has 1 N–H and O–H groups in total. The van der Waals surface area contributed by atoms with Gasteiger partial charge in [-0.25, -0.2) is 0 Å². The van der Waals surface area contributed by atoms with Crippen molar-refractivity contribution < 1.29 is 14.6 Å². The summed E-state index contributed by atoms with van der Waals surface area (Å²) in [6, 6.07) is 8.20. The second kappa shape index (κ2) is 5.14. The van der Waals surface area contributed by atoms with Gasteiger partial charge in [-0.1, -0.05) is 18.2 Å². The number of hydrogen-bond donors (Lipinski definition) is 1. The molecule has 3 nitrogen and oxygen atoms in total. The molecule has 1 saturated carbocycles. The Morgan fingerprint density at radius 2 is 2.16 bits per heavy atom. The second-order valence-electron chi connectivity index (χ2n) is 5.79. The molecule has 1 aliphatic carbocycles. The van der Waals surface area contributed by atoms with Crippen LogP contribution < -0.4 is 4.74 Å². The zero-order valence-electron chi connectivity index (χ0n) is 11.5. The van der Waals surface area contributed by atoms with Crippen molar-refractivity contribution >= 4 is 0 Å². The first-order chi connectivity index (χ1) is 9.20. The molecule has 0 amide bonds. The molecule has 1 aromatic rings. The smallest absolute Gasteiger partial charge is 0.122 e. The highest BCUT2D eigenvalue weighted by Gasteiger charge is 2.45. The topological polar surface area (TPSA) is 38.7 Å². The van der Waals surface area contributed by atoms with E-state index in [1.54, 1.807) is 0 Å². The van der Waals surface area contributed by atoms with Crippen molar-refractivity contribution in [3.63, 3.8) is 0 Å². The summed E-state index contributed by atoms with van der Waals surface area (Å²) in [7, 11) is 0. The maximum Gasteiger partial charge on any atom is 0.122 e. The molecule has 19 heavy (non-hydrogen) atoms. The van der Waals surface area contributed by atoms with Crippen molar-refractivity contribution in [1.82, 2.24) is 0 Å². The Kier molecular flexibility index (Phi) is 3.50. The van der Waals surface area contributed by atoms with Crippen LogP contribution >= 0.6 is 0 Å². The van der Waals surface area contributed by atoms with Gasteiger partial charge >= 0.3 is 0 Å². The van der Waals surface area contributed by atoms with Crippen LogP contribution in [-0.4, -0.2) is 30.0 Å². The SMILES string of the molecule is CCOC1CC(O)(CC2CCOc3ccccc32)C1. The van der Waals surface area contributed by atoms with Gasteiger partial charge < -0.3 is 14.6 Å². The van der Waals surface area contributed by atoms with Gasteiger partial charge in [0.05, 0.1) is 18.3 Å². The third kappa shape index (κ3) is 2.63. The Bertz CT molecular complexity index is 437. The lowest BCUT2D eigenvalue weighted by Crippen LogP contribution is -2.49. The van der Waals surface area contributed by atoms with Crippen LogP contribution in [-0.2, 0) is 4.74 Å². The lowest BCUT2D eigenvalue weighted by atomic mass is 9.70. The first-order valence-corrected chi connectivity index (χ1v) is 7.26. The zero-order chi connectivity index (χ0) is 13.3. The molecule has 1 unspecified atom stereocenters. The van der Waals surface area contributed by atoms with E-state index in [0.29, 0.717) is 5.92 Å². The maximum absolute atomic E-state index is 10.6. The van der Waals surface area contributed by atoms with E-state index in [-0.39, 0.29) is 6.10 Å². The van der Waals surface area contributed by atoms with Crippen LogP contribution in [0.5, 0.6) is 5.75 Å². The summed E-state index contributed by atoms with van der Waals surface area (Å²) in [6.07, 6.45) is 3.64. The van der Waals surface area contributed by atoms with Gasteiger partial charge in [-0.05, 0) is 37.3 Å². The van der Waals surface area contributed by atoms with Crippen LogP contribution in [0.2, 0.25) is 0 Å². The summed E-state index contributed by atoms with van der Waals surface area (Å²) < 4.78 is 11.2. The van der Waals surface area contributed by atoms with Gasteiger partial charge in [0.15, 0.2) is 0 Å². The molecule has 3 heteroatoms. The minimum Gasteiger partial charge on any atom is -0.493 e. The minimum absolute atomic E-state index is 0.255. The summed E-state index contributed by atoms with van der Waals surface area (Å²) in [5, 5.41) is 10.6. The molecule has 0 bridgehead atoms. The highest BCUT2D eigenvalue weighted by atomic mass is 16.5. The molecular formula is C16H22O3. The summed E-state index contributed by atoms with van der Waals surface area (Å²) in [5.74, 6) is 1.40. The number of rotatable bonds is 4. The van der Waals surface area contributed by atoms with Crippen molar-refractivity contribution in [2.75, 3.05) is 13.2 Å². The fourth-order valence-corrected chi connectivity index (χ4v) is 3.39.